The highest BCUT2D eigenvalue weighted by atomic mass is 79.9. The highest BCUT2D eigenvalue weighted by Gasteiger charge is 2.22. The Kier molecular flexibility index (Phi) is 4.43. The maximum absolute atomic E-state index is 12.3. The van der Waals surface area contributed by atoms with E-state index in [0.717, 1.165) is 0 Å². The van der Waals surface area contributed by atoms with E-state index in [1.165, 1.54) is 6.07 Å². The molecule has 0 atom stereocenters. The minimum atomic E-state index is -3.76. The van der Waals surface area contributed by atoms with Crippen molar-refractivity contribution >= 4 is 43.2 Å². The van der Waals surface area contributed by atoms with Gasteiger partial charge in [-0.3, -0.25) is 4.72 Å². The van der Waals surface area contributed by atoms with Crippen LogP contribution in [0.5, 0.6) is 0 Å². The van der Waals surface area contributed by atoms with E-state index in [4.69, 9.17) is 21.8 Å². The summed E-state index contributed by atoms with van der Waals surface area (Å²) in [5.41, 5.74) is 5.79. The predicted molar refractivity (Wildman–Crippen MR) is 81.3 cm³/mol. The Bertz CT molecular complexity index is 743. The first-order valence-corrected chi connectivity index (χ1v) is 8.27. The second-order valence-corrected chi connectivity index (χ2v) is 6.90. The minimum Gasteiger partial charge on any atom is -0.464 e. The van der Waals surface area contributed by atoms with Gasteiger partial charge in [0.25, 0.3) is 10.0 Å². The van der Waals surface area contributed by atoms with E-state index < -0.39 is 10.0 Å². The Hall–Kier alpha value is -1.02. The number of furan rings is 1. The van der Waals surface area contributed by atoms with Crippen LogP contribution in [0.25, 0.3) is 0 Å². The van der Waals surface area contributed by atoms with E-state index >= 15 is 0 Å². The number of hydrogen-bond acceptors (Lipinski definition) is 4. The van der Waals surface area contributed by atoms with Crippen LogP contribution in [0.4, 0.5) is 5.69 Å². The summed E-state index contributed by atoms with van der Waals surface area (Å²) < 4.78 is 32.9. The molecule has 0 spiro atoms. The molecule has 3 N–H and O–H groups in total. The van der Waals surface area contributed by atoms with E-state index in [9.17, 15) is 8.42 Å². The summed E-state index contributed by atoms with van der Waals surface area (Å²) in [7, 11) is -3.76. The van der Waals surface area contributed by atoms with Crippen molar-refractivity contribution in [2.45, 2.75) is 18.4 Å². The lowest BCUT2D eigenvalue weighted by Gasteiger charge is -2.09. The number of nitrogens with one attached hydrogen (secondary N) is 1. The summed E-state index contributed by atoms with van der Waals surface area (Å²) in [6.45, 7) is 1.71. The van der Waals surface area contributed by atoms with E-state index in [-0.39, 0.29) is 17.2 Å². The van der Waals surface area contributed by atoms with Crippen LogP contribution in [0.2, 0.25) is 5.02 Å². The first-order valence-electron chi connectivity index (χ1n) is 5.61. The summed E-state index contributed by atoms with van der Waals surface area (Å²) in [5, 5.41) is 0.414. The van der Waals surface area contributed by atoms with Crippen LogP contribution in [-0.4, -0.2) is 8.42 Å². The van der Waals surface area contributed by atoms with Gasteiger partial charge in [-0.25, -0.2) is 8.42 Å². The van der Waals surface area contributed by atoms with E-state index in [1.807, 2.05) is 0 Å². The molecule has 2 aromatic rings. The number of sulfonamides is 1. The van der Waals surface area contributed by atoms with Gasteiger partial charge >= 0.3 is 0 Å². The predicted octanol–water partition coefficient (Wildman–Crippen LogP) is 3.26. The second kappa shape index (κ2) is 5.77. The molecule has 0 fully saturated rings. The Morgan fingerprint density at radius 2 is 2.15 bits per heavy atom. The average molecular weight is 380 g/mol. The van der Waals surface area contributed by atoms with Crippen molar-refractivity contribution in [3.63, 3.8) is 0 Å². The molecule has 0 aliphatic rings. The van der Waals surface area contributed by atoms with Gasteiger partial charge in [0.15, 0.2) is 0 Å². The van der Waals surface area contributed by atoms with Gasteiger partial charge in [-0.05, 0) is 35.0 Å². The lowest BCUT2D eigenvalue weighted by atomic mass is 10.3. The molecular formula is C12H12BrClN2O3S. The fourth-order valence-corrected chi connectivity index (χ4v) is 3.62. The molecular weight excluding hydrogens is 368 g/mol. The Morgan fingerprint density at radius 3 is 2.75 bits per heavy atom. The van der Waals surface area contributed by atoms with Crippen molar-refractivity contribution in [2.75, 3.05) is 4.72 Å². The zero-order chi connectivity index (χ0) is 14.9. The molecule has 1 aromatic carbocycles. The second-order valence-electron chi connectivity index (χ2n) is 4.04. The standard InChI is InChI=1S/C12H12BrClN2O3S/c1-7-11(5-8(6-15)19-7)20(17,18)16-10-4-2-3-9(14)12(10)13/h2-5,16H,6,15H2,1H3. The molecule has 0 aliphatic heterocycles. The van der Waals surface area contributed by atoms with Crippen LogP contribution in [0.1, 0.15) is 11.5 Å². The minimum absolute atomic E-state index is 0.0600. The average Bonchev–Trinajstić information content (AvgIpc) is 2.77. The number of halogens is 2. The first kappa shape index (κ1) is 15.4. The molecule has 0 bridgehead atoms. The molecule has 5 nitrogen and oxygen atoms in total. The van der Waals surface area contributed by atoms with E-state index in [0.29, 0.717) is 20.9 Å². The molecule has 1 heterocycles. The lowest BCUT2D eigenvalue weighted by molar-refractivity contribution is 0.479. The first-order chi connectivity index (χ1) is 9.35. The maximum Gasteiger partial charge on any atom is 0.265 e. The monoisotopic (exact) mass is 378 g/mol. The third kappa shape index (κ3) is 3.01. The Morgan fingerprint density at radius 1 is 1.45 bits per heavy atom. The number of aryl methyl sites for hydroxylation is 1. The molecule has 0 saturated carbocycles. The lowest BCUT2D eigenvalue weighted by Crippen LogP contribution is -2.13. The quantitative estimate of drug-likeness (QED) is 0.854. The summed E-state index contributed by atoms with van der Waals surface area (Å²) >= 11 is 9.17. The normalized spacial score (nSPS) is 11.6. The molecule has 0 saturated heterocycles. The van der Waals surface area contributed by atoms with Crippen LogP contribution in [0, 0.1) is 6.92 Å². The Balaban J connectivity index is 2.40. The largest absolute Gasteiger partial charge is 0.464 e. The molecule has 2 rings (SSSR count). The molecule has 8 heteroatoms. The van der Waals surface area contributed by atoms with Crippen molar-refractivity contribution in [3.8, 4) is 0 Å². The maximum atomic E-state index is 12.3. The Labute approximate surface area is 130 Å². The molecule has 0 aliphatic carbocycles. The van der Waals surface area contributed by atoms with Gasteiger partial charge in [-0.2, -0.15) is 0 Å². The summed E-state index contributed by atoms with van der Waals surface area (Å²) in [6.07, 6.45) is 0. The zero-order valence-corrected chi connectivity index (χ0v) is 13.6. The molecule has 20 heavy (non-hydrogen) atoms. The van der Waals surface area contributed by atoms with Gasteiger partial charge in [0, 0.05) is 6.07 Å². The number of nitrogens with two attached hydrogens (primary N) is 1. The fourth-order valence-electron chi connectivity index (χ4n) is 1.67. The van der Waals surface area contributed by atoms with Gasteiger partial charge in [0.2, 0.25) is 0 Å². The fraction of sp³-hybridized carbons (Fsp3) is 0.167. The number of benzene rings is 1. The van der Waals surface area contributed by atoms with Crippen LogP contribution in [0.15, 0.2) is 38.1 Å². The van der Waals surface area contributed by atoms with Crippen molar-refractivity contribution in [1.29, 1.82) is 0 Å². The molecule has 1 aromatic heterocycles. The van der Waals surface area contributed by atoms with Crippen LogP contribution in [-0.2, 0) is 16.6 Å². The third-order valence-electron chi connectivity index (χ3n) is 2.61. The summed E-state index contributed by atoms with van der Waals surface area (Å²) in [6, 6.07) is 6.32. The van der Waals surface area contributed by atoms with E-state index in [2.05, 4.69) is 20.7 Å². The van der Waals surface area contributed by atoms with Gasteiger partial charge in [-0.1, -0.05) is 17.7 Å². The van der Waals surface area contributed by atoms with Crippen molar-refractivity contribution in [1.82, 2.24) is 0 Å². The molecule has 0 unspecified atom stereocenters. The van der Waals surface area contributed by atoms with Crippen LogP contribution >= 0.6 is 27.5 Å². The highest BCUT2D eigenvalue weighted by Crippen LogP contribution is 2.32. The van der Waals surface area contributed by atoms with Crippen molar-refractivity contribution in [2.24, 2.45) is 5.73 Å². The molecule has 108 valence electrons. The van der Waals surface area contributed by atoms with Crippen molar-refractivity contribution < 1.29 is 12.8 Å². The summed E-state index contributed by atoms with van der Waals surface area (Å²) in [5.74, 6) is 0.698. The van der Waals surface area contributed by atoms with Crippen molar-refractivity contribution in [3.05, 3.63) is 45.3 Å². The van der Waals surface area contributed by atoms with Crippen LogP contribution in [0.3, 0.4) is 0 Å². The zero-order valence-electron chi connectivity index (χ0n) is 10.5. The molecule has 0 amide bonds. The highest BCUT2D eigenvalue weighted by molar-refractivity contribution is 9.10. The van der Waals surface area contributed by atoms with Gasteiger partial charge in [0.1, 0.15) is 16.4 Å². The molecule has 0 radical (unpaired) electrons. The van der Waals surface area contributed by atoms with Gasteiger partial charge < -0.3 is 10.2 Å². The SMILES string of the molecule is Cc1oc(CN)cc1S(=O)(=O)Nc1cccc(Cl)c1Br. The smallest absolute Gasteiger partial charge is 0.265 e. The summed E-state index contributed by atoms with van der Waals surface area (Å²) in [4.78, 5) is 0.0600. The number of anilines is 1. The van der Waals surface area contributed by atoms with Gasteiger partial charge in [-0.15, -0.1) is 0 Å². The third-order valence-corrected chi connectivity index (χ3v) is 5.48. The van der Waals surface area contributed by atoms with E-state index in [1.54, 1.807) is 25.1 Å². The van der Waals surface area contributed by atoms with Crippen LogP contribution < -0.4 is 10.5 Å². The topological polar surface area (TPSA) is 85.3 Å². The number of hydrogen-bond donors (Lipinski definition) is 2. The van der Waals surface area contributed by atoms with Gasteiger partial charge in [0.05, 0.1) is 21.7 Å². The number of rotatable bonds is 4.